The molecule has 4 aliphatic rings. The number of hydrogen-bond donors (Lipinski definition) is 2. The minimum absolute atomic E-state index is 0.0189. The summed E-state index contributed by atoms with van der Waals surface area (Å²) >= 11 is 25.4. The monoisotopic (exact) mass is 673 g/mol. The van der Waals surface area contributed by atoms with Crippen LogP contribution < -0.4 is 10.2 Å². The molecule has 1 spiro atoms. The van der Waals surface area contributed by atoms with E-state index >= 15 is 8.78 Å². The minimum atomic E-state index is -3.30. The molecule has 1 aliphatic carbocycles. The molecule has 3 aliphatic heterocycles. The Morgan fingerprint density at radius 2 is 1.58 bits per heavy atom. The van der Waals surface area contributed by atoms with Crippen LogP contribution in [0.25, 0.3) is 0 Å². The van der Waals surface area contributed by atoms with Crippen molar-refractivity contribution in [2.75, 3.05) is 23.3 Å². The average molecular weight is 675 g/mol. The zero-order valence-corrected chi connectivity index (χ0v) is 26.7. The summed E-state index contributed by atoms with van der Waals surface area (Å²) in [4.78, 5) is 44.6. The number of aliphatic carboxylic acids is 1. The number of carbonyl (C=O) groups excluding carboxylic acids is 2. The molecule has 230 valence electrons. The Hall–Kier alpha value is -2.17. The summed E-state index contributed by atoms with van der Waals surface area (Å²) in [7, 11) is 0. The second-order valence-corrected chi connectivity index (χ2v) is 14.9. The van der Waals surface area contributed by atoms with Crippen LogP contribution in [0.3, 0.4) is 0 Å². The molecule has 13 heteroatoms. The van der Waals surface area contributed by atoms with Crippen molar-refractivity contribution in [3.05, 3.63) is 56.0 Å². The number of hydrogen-bond acceptors (Lipinski definition) is 4. The lowest BCUT2D eigenvalue weighted by molar-refractivity contribution is -0.153. The molecule has 2 N–H and O–H groups in total. The highest BCUT2D eigenvalue weighted by Crippen LogP contribution is 2.69. The molecule has 0 unspecified atom stereocenters. The van der Waals surface area contributed by atoms with E-state index in [0.717, 1.165) is 0 Å². The van der Waals surface area contributed by atoms with Crippen LogP contribution >= 0.6 is 46.4 Å². The number of carboxylic acid groups (broad SMARTS) is 1. The number of amides is 2. The van der Waals surface area contributed by atoms with Gasteiger partial charge in [-0.2, -0.15) is 0 Å². The molecular formula is C30H29Cl4F2N3O4. The summed E-state index contributed by atoms with van der Waals surface area (Å²) in [5.74, 6) is -9.63. The van der Waals surface area contributed by atoms with Gasteiger partial charge >= 0.3 is 5.97 Å². The van der Waals surface area contributed by atoms with Gasteiger partial charge in [0.15, 0.2) is 0 Å². The first kappa shape index (κ1) is 30.8. The fraction of sp³-hybridized carbons (Fsp3) is 0.500. The zero-order valence-electron chi connectivity index (χ0n) is 23.7. The number of carbonyl (C=O) groups is 3. The molecule has 0 bridgehead atoms. The molecule has 1 saturated carbocycles. The van der Waals surface area contributed by atoms with Crippen LogP contribution in [-0.2, 0) is 19.9 Å². The number of carboxylic acids is 1. The third kappa shape index (κ3) is 4.32. The maximum absolute atomic E-state index is 15.2. The van der Waals surface area contributed by atoms with Crippen molar-refractivity contribution in [1.29, 1.82) is 0 Å². The van der Waals surface area contributed by atoms with Gasteiger partial charge in [-0.1, -0.05) is 74.1 Å². The van der Waals surface area contributed by atoms with E-state index in [9.17, 15) is 19.5 Å². The highest BCUT2D eigenvalue weighted by atomic mass is 35.5. The van der Waals surface area contributed by atoms with Crippen LogP contribution in [0, 0.1) is 28.6 Å². The Balaban J connectivity index is 1.54. The van der Waals surface area contributed by atoms with Crippen molar-refractivity contribution in [1.82, 2.24) is 4.90 Å². The van der Waals surface area contributed by atoms with Gasteiger partial charge in [-0.05, 0) is 47.1 Å². The second kappa shape index (κ2) is 9.66. The van der Waals surface area contributed by atoms with Crippen LogP contribution in [-0.4, -0.2) is 52.8 Å². The Bertz CT molecular complexity index is 1570. The van der Waals surface area contributed by atoms with Gasteiger partial charge in [-0.15, -0.1) is 0 Å². The van der Waals surface area contributed by atoms with E-state index < -0.39 is 60.1 Å². The first-order chi connectivity index (χ1) is 19.8. The Kier molecular flexibility index (Phi) is 6.93. The lowest BCUT2D eigenvalue weighted by atomic mass is 9.73. The summed E-state index contributed by atoms with van der Waals surface area (Å²) in [6.07, 6.45) is -0.809. The Labute approximate surface area is 267 Å². The molecule has 2 aromatic rings. The van der Waals surface area contributed by atoms with Gasteiger partial charge < -0.3 is 15.3 Å². The van der Waals surface area contributed by atoms with Gasteiger partial charge in [-0.3, -0.25) is 19.3 Å². The molecule has 2 amide bonds. The van der Waals surface area contributed by atoms with E-state index in [4.69, 9.17) is 46.4 Å². The molecule has 2 saturated heterocycles. The molecule has 43 heavy (non-hydrogen) atoms. The van der Waals surface area contributed by atoms with Gasteiger partial charge in [0.25, 0.3) is 11.8 Å². The molecule has 3 fully saturated rings. The number of nitrogens with one attached hydrogen (secondary N) is 1. The normalized spacial score (nSPS) is 29.8. The van der Waals surface area contributed by atoms with Gasteiger partial charge in [0.2, 0.25) is 5.91 Å². The molecule has 3 heterocycles. The van der Waals surface area contributed by atoms with Gasteiger partial charge in [0.05, 0.1) is 23.2 Å². The second-order valence-electron chi connectivity index (χ2n) is 13.2. The lowest BCUT2D eigenvalue weighted by Gasteiger charge is -2.36. The number of anilines is 2. The molecule has 6 rings (SSSR count). The van der Waals surface area contributed by atoms with E-state index in [-0.39, 0.29) is 54.6 Å². The van der Waals surface area contributed by atoms with E-state index in [1.165, 1.54) is 40.1 Å². The summed E-state index contributed by atoms with van der Waals surface area (Å²) in [6.45, 7) is 7.53. The van der Waals surface area contributed by atoms with Gasteiger partial charge in [-0.25, -0.2) is 8.78 Å². The molecule has 2 aromatic carbocycles. The van der Waals surface area contributed by atoms with E-state index in [2.05, 4.69) is 33.0 Å². The summed E-state index contributed by atoms with van der Waals surface area (Å²) in [6, 6.07) is 6.01. The molecule has 4 atom stereocenters. The molecular weight excluding hydrogens is 646 g/mol. The van der Waals surface area contributed by atoms with E-state index in [1.807, 2.05) is 0 Å². The zero-order chi connectivity index (χ0) is 31.6. The SMILES string of the molecule is CC1(C)C(CN(C(=O)[C@H]2[C@H]3CC(F)(F)CN3[C@]3(C(=O)Nc4c(Cl)cc(Cl)cc43)[C@H]2C(=O)O)c2cc(Cl)cc(Cl)c2)C1(C)C. The molecule has 0 aromatic heterocycles. The number of benzene rings is 2. The van der Waals surface area contributed by atoms with Crippen molar-refractivity contribution < 1.29 is 28.3 Å². The summed E-state index contributed by atoms with van der Waals surface area (Å²) in [5, 5.41) is 14.0. The largest absolute Gasteiger partial charge is 0.481 e. The van der Waals surface area contributed by atoms with Crippen LogP contribution in [0.2, 0.25) is 20.1 Å². The van der Waals surface area contributed by atoms with Crippen molar-refractivity contribution in [3.8, 4) is 0 Å². The maximum atomic E-state index is 15.2. The molecule has 7 nitrogen and oxygen atoms in total. The van der Waals surface area contributed by atoms with Gasteiger partial charge in [0, 0.05) is 45.3 Å². The maximum Gasteiger partial charge on any atom is 0.310 e. The van der Waals surface area contributed by atoms with Crippen LogP contribution in [0.5, 0.6) is 0 Å². The van der Waals surface area contributed by atoms with Crippen LogP contribution in [0.15, 0.2) is 30.3 Å². The fourth-order valence-corrected chi connectivity index (χ4v) is 9.01. The van der Waals surface area contributed by atoms with Crippen LogP contribution in [0.4, 0.5) is 20.2 Å². The van der Waals surface area contributed by atoms with Crippen molar-refractivity contribution in [2.24, 2.45) is 28.6 Å². The lowest BCUT2D eigenvalue weighted by Crippen LogP contribution is -2.54. The van der Waals surface area contributed by atoms with Crippen molar-refractivity contribution >= 4 is 75.6 Å². The third-order valence-corrected chi connectivity index (χ3v) is 11.7. The quantitative estimate of drug-likeness (QED) is 0.350. The highest BCUT2D eigenvalue weighted by molar-refractivity contribution is 6.38. The van der Waals surface area contributed by atoms with E-state index in [1.54, 1.807) is 0 Å². The van der Waals surface area contributed by atoms with Crippen LogP contribution in [0.1, 0.15) is 39.7 Å². The predicted octanol–water partition coefficient (Wildman–Crippen LogP) is 7.20. The summed E-state index contributed by atoms with van der Waals surface area (Å²) < 4.78 is 30.5. The Morgan fingerprint density at radius 3 is 2.14 bits per heavy atom. The third-order valence-electron chi connectivity index (χ3n) is 10.7. The van der Waals surface area contributed by atoms with E-state index in [0.29, 0.717) is 5.69 Å². The molecule has 0 radical (unpaired) electrons. The highest BCUT2D eigenvalue weighted by Gasteiger charge is 2.75. The first-order valence-corrected chi connectivity index (χ1v) is 15.3. The number of halogens is 6. The minimum Gasteiger partial charge on any atom is -0.481 e. The summed E-state index contributed by atoms with van der Waals surface area (Å²) in [5.41, 5.74) is -2.06. The van der Waals surface area contributed by atoms with Gasteiger partial charge in [0.1, 0.15) is 11.5 Å². The average Bonchev–Trinajstić information content (AvgIpc) is 3.23. The Morgan fingerprint density at radius 1 is 1.00 bits per heavy atom. The first-order valence-electron chi connectivity index (χ1n) is 13.8. The fourth-order valence-electron chi connectivity index (χ4n) is 7.95. The number of rotatable bonds is 5. The van der Waals surface area contributed by atoms with Crippen molar-refractivity contribution in [2.45, 2.75) is 51.6 Å². The predicted molar refractivity (Wildman–Crippen MR) is 161 cm³/mol. The number of alkyl halides is 2. The standard InChI is InChI=1S/C30H29Cl4F2N3O4/c1-27(2)20(28(27,3)4)11-38(16-6-13(31)5-14(32)7-16)24(40)21-19-10-29(35,36)12-39(19)30(22(21)25(41)42)17-8-15(33)9-18(34)23(17)37-26(30)43/h5-9,19-22H,10-12H2,1-4H3,(H,37,43)(H,41,42)/t19-,21+,22-,30+/m1/s1. The number of fused-ring (bicyclic) bond motifs is 4. The van der Waals surface area contributed by atoms with Crippen molar-refractivity contribution in [3.63, 3.8) is 0 Å². The number of nitrogens with zero attached hydrogens (tertiary/aromatic N) is 2. The topological polar surface area (TPSA) is 90.0 Å². The smallest absolute Gasteiger partial charge is 0.310 e.